The number of thiophene rings is 1. The van der Waals surface area contributed by atoms with Gasteiger partial charge in [-0.1, -0.05) is 6.07 Å². The Morgan fingerprint density at radius 1 is 1.28 bits per heavy atom. The van der Waals surface area contributed by atoms with E-state index in [-0.39, 0.29) is 5.91 Å². The summed E-state index contributed by atoms with van der Waals surface area (Å²) in [6, 6.07) is 9.52. The zero-order valence-electron chi connectivity index (χ0n) is 13.1. The van der Waals surface area contributed by atoms with Gasteiger partial charge in [0.2, 0.25) is 0 Å². The monoisotopic (exact) mass is 367 g/mol. The van der Waals surface area contributed by atoms with Crippen LogP contribution in [0.25, 0.3) is 21.0 Å². The van der Waals surface area contributed by atoms with Crippen molar-refractivity contribution in [2.24, 2.45) is 0 Å². The van der Waals surface area contributed by atoms with E-state index < -0.39 is 0 Å². The van der Waals surface area contributed by atoms with E-state index in [1.807, 2.05) is 35.7 Å². The maximum Gasteiger partial charge on any atom is 0.267 e. The highest BCUT2D eigenvalue weighted by atomic mass is 32.1. The number of aromatic nitrogens is 2. The van der Waals surface area contributed by atoms with Crippen LogP contribution in [0, 0.1) is 0 Å². The summed E-state index contributed by atoms with van der Waals surface area (Å²) < 4.78 is 5.75. The second-order valence-electron chi connectivity index (χ2n) is 5.97. The molecule has 0 saturated heterocycles. The predicted octanol–water partition coefficient (Wildman–Crippen LogP) is 5.14. The minimum atomic E-state index is -0.162. The maximum absolute atomic E-state index is 12.5. The lowest BCUT2D eigenvalue weighted by Crippen LogP contribution is -2.09. The molecule has 25 heavy (non-hydrogen) atoms. The van der Waals surface area contributed by atoms with Gasteiger partial charge in [-0.25, -0.2) is 9.97 Å². The molecule has 3 heterocycles. The molecule has 0 atom stereocenters. The van der Waals surface area contributed by atoms with E-state index in [0.717, 1.165) is 39.7 Å². The number of hydrogen-bond donors (Lipinski definition) is 1. The Kier molecular flexibility index (Phi) is 3.43. The van der Waals surface area contributed by atoms with Crippen LogP contribution >= 0.6 is 22.7 Å². The zero-order chi connectivity index (χ0) is 16.8. The van der Waals surface area contributed by atoms with Crippen molar-refractivity contribution < 1.29 is 9.21 Å². The summed E-state index contributed by atoms with van der Waals surface area (Å²) in [5.41, 5.74) is 2.25. The topological polar surface area (TPSA) is 68.0 Å². The first-order chi connectivity index (χ1) is 12.3. The third kappa shape index (κ3) is 2.85. The third-order valence-corrected chi connectivity index (χ3v) is 6.09. The van der Waals surface area contributed by atoms with Crippen LogP contribution in [0.15, 0.2) is 46.3 Å². The van der Waals surface area contributed by atoms with Gasteiger partial charge >= 0.3 is 0 Å². The SMILES string of the molecule is O=C(Nc1ccc2oc(C3CC3)nc2c1)c1cnc(-c2cccs2)s1. The lowest BCUT2D eigenvalue weighted by atomic mass is 10.3. The number of hydrogen-bond acceptors (Lipinski definition) is 6. The van der Waals surface area contributed by atoms with Crippen molar-refractivity contribution in [3.8, 4) is 9.88 Å². The van der Waals surface area contributed by atoms with Crippen molar-refractivity contribution in [1.29, 1.82) is 0 Å². The molecule has 0 spiro atoms. The van der Waals surface area contributed by atoms with Gasteiger partial charge in [-0.3, -0.25) is 4.79 Å². The Morgan fingerprint density at radius 2 is 2.20 bits per heavy atom. The third-order valence-electron chi connectivity index (χ3n) is 4.05. The van der Waals surface area contributed by atoms with Crippen LogP contribution in [0.4, 0.5) is 5.69 Å². The summed E-state index contributed by atoms with van der Waals surface area (Å²) >= 11 is 3.00. The molecule has 0 bridgehead atoms. The number of fused-ring (bicyclic) bond motifs is 1. The maximum atomic E-state index is 12.5. The van der Waals surface area contributed by atoms with E-state index in [0.29, 0.717) is 16.5 Å². The van der Waals surface area contributed by atoms with Crippen LogP contribution < -0.4 is 5.32 Å². The molecule has 124 valence electrons. The molecule has 1 aliphatic rings. The second-order valence-corrected chi connectivity index (χ2v) is 7.95. The standard InChI is InChI=1S/C18H13N3O2S2/c22-16(15-9-19-18(25-15)14-2-1-7-24-14)20-11-5-6-13-12(8-11)21-17(23-13)10-3-4-10/h1-2,5-10H,3-4H2,(H,20,22). The van der Waals surface area contributed by atoms with Gasteiger partial charge in [0.1, 0.15) is 15.4 Å². The number of oxazole rings is 1. The minimum Gasteiger partial charge on any atom is -0.440 e. The van der Waals surface area contributed by atoms with E-state index >= 15 is 0 Å². The number of nitrogens with one attached hydrogen (secondary N) is 1. The lowest BCUT2D eigenvalue weighted by Gasteiger charge is -2.02. The number of carbonyl (C=O) groups excluding carboxylic acids is 1. The molecule has 1 saturated carbocycles. The van der Waals surface area contributed by atoms with E-state index in [1.54, 1.807) is 17.5 Å². The summed E-state index contributed by atoms with van der Waals surface area (Å²) in [6.07, 6.45) is 3.91. The molecule has 1 aliphatic carbocycles. The molecule has 1 N–H and O–H groups in total. The molecular formula is C18H13N3O2S2. The molecule has 0 unspecified atom stereocenters. The number of carbonyl (C=O) groups is 1. The van der Waals surface area contributed by atoms with E-state index in [1.165, 1.54) is 11.3 Å². The van der Waals surface area contributed by atoms with Gasteiger partial charge in [0.05, 0.1) is 11.1 Å². The second kappa shape index (κ2) is 5.79. The van der Waals surface area contributed by atoms with Crippen molar-refractivity contribution in [2.75, 3.05) is 5.32 Å². The fourth-order valence-corrected chi connectivity index (χ4v) is 4.23. The Balaban J connectivity index is 1.37. The fourth-order valence-electron chi connectivity index (χ4n) is 2.61. The quantitative estimate of drug-likeness (QED) is 0.542. The van der Waals surface area contributed by atoms with E-state index in [9.17, 15) is 4.79 Å². The molecule has 7 heteroatoms. The molecule has 3 aromatic heterocycles. The summed E-state index contributed by atoms with van der Waals surface area (Å²) in [7, 11) is 0. The number of thiazole rings is 1. The van der Waals surface area contributed by atoms with Crippen LogP contribution in [0.5, 0.6) is 0 Å². The van der Waals surface area contributed by atoms with Crippen LogP contribution in [-0.2, 0) is 0 Å². The number of rotatable bonds is 4. The van der Waals surface area contributed by atoms with Gasteiger partial charge in [-0.2, -0.15) is 0 Å². The van der Waals surface area contributed by atoms with Crippen LogP contribution in [0.1, 0.15) is 34.3 Å². The summed E-state index contributed by atoms with van der Waals surface area (Å²) in [4.78, 5) is 23.0. The average Bonchev–Trinajstić information content (AvgIpc) is 3.06. The van der Waals surface area contributed by atoms with Gasteiger partial charge in [0, 0.05) is 11.6 Å². The Morgan fingerprint density at radius 3 is 3.00 bits per heavy atom. The highest BCUT2D eigenvalue weighted by molar-refractivity contribution is 7.22. The fraction of sp³-hybridized carbons (Fsp3) is 0.167. The number of anilines is 1. The summed E-state index contributed by atoms with van der Waals surface area (Å²) in [5, 5.41) is 5.78. The molecule has 5 nitrogen and oxygen atoms in total. The molecule has 0 aliphatic heterocycles. The molecule has 0 radical (unpaired) electrons. The summed E-state index contributed by atoms with van der Waals surface area (Å²) in [6.45, 7) is 0. The van der Waals surface area contributed by atoms with Crippen molar-refractivity contribution in [2.45, 2.75) is 18.8 Å². The Bertz CT molecular complexity index is 1060. The van der Waals surface area contributed by atoms with Crippen LogP contribution in [0.3, 0.4) is 0 Å². The van der Waals surface area contributed by atoms with Crippen molar-refractivity contribution in [3.05, 3.63) is 52.7 Å². The summed E-state index contributed by atoms with van der Waals surface area (Å²) in [5.74, 6) is 1.12. The van der Waals surface area contributed by atoms with Gasteiger partial charge in [0.15, 0.2) is 11.5 Å². The molecule has 1 amide bonds. The largest absolute Gasteiger partial charge is 0.440 e. The number of nitrogens with zero attached hydrogens (tertiary/aromatic N) is 2. The first kappa shape index (κ1) is 14.8. The van der Waals surface area contributed by atoms with Crippen LogP contribution in [-0.4, -0.2) is 15.9 Å². The molecular weight excluding hydrogens is 354 g/mol. The first-order valence-corrected chi connectivity index (χ1v) is 9.67. The lowest BCUT2D eigenvalue weighted by molar-refractivity contribution is 0.103. The van der Waals surface area contributed by atoms with Gasteiger partial charge < -0.3 is 9.73 Å². The number of benzene rings is 1. The molecule has 1 aromatic carbocycles. The highest BCUT2D eigenvalue weighted by Crippen LogP contribution is 2.40. The predicted molar refractivity (Wildman–Crippen MR) is 99.4 cm³/mol. The van der Waals surface area contributed by atoms with Gasteiger partial charge in [-0.05, 0) is 42.5 Å². The molecule has 5 rings (SSSR count). The van der Waals surface area contributed by atoms with Crippen molar-refractivity contribution in [1.82, 2.24) is 9.97 Å². The average molecular weight is 367 g/mol. The van der Waals surface area contributed by atoms with Crippen LogP contribution in [0.2, 0.25) is 0 Å². The smallest absolute Gasteiger partial charge is 0.267 e. The normalized spacial score (nSPS) is 14.1. The molecule has 1 fully saturated rings. The number of amides is 1. The van der Waals surface area contributed by atoms with Gasteiger partial charge in [-0.15, -0.1) is 22.7 Å². The van der Waals surface area contributed by atoms with E-state index in [4.69, 9.17) is 4.42 Å². The Hall–Kier alpha value is -2.51. The zero-order valence-corrected chi connectivity index (χ0v) is 14.7. The molecule has 4 aromatic rings. The van der Waals surface area contributed by atoms with E-state index in [2.05, 4.69) is 15.3 Å². The van der Waals surface area contributed by atoms with Crippen molar-refractivity contribution >= 4 is 45.4 Å². The Labute approximate surface area is 151 Å². The highest BCUT2D eigenvalue weighted by Gasteiger charge is 2.28. The van der Waals surface area contributed by atoms with Gasteiger partial charge in [0.25, 0.3) is 5.91 Å². The first-order valence-electron chi connectivity index (χ1n) is 7.98. The minimum absolute atomic E-state index is 0.162. The van der Waals surface area contributed by atoms with Crippen molar-refractivity contribution in [3.63, 3.8) is 0 Å².